The van der Waals surface area contributed by atoms with Crippen LogP contribution in [-0.4, -0.2) is 36.1 Å². The number of carbonyl (C=O) groups is 2. The monoisotopic (exact) mass is 161 g/mol. The molecule has 0 aliphatic heterocycles. The molecule has 0 aromatic rings. The molecule has 11 heavy (non-hydrogen) atoms. The molecule has 0 spiro atoms. The maximum absolute atomic E-state index is 10.9. The van der Waals surface area contributed by atoms with Crippen molar-refractivity contribution in [3.8, 4) is 0 Å². The molecule has 5 heteroatoms. The standard InChI is InChI=1S/C6H11NO4/c1-6(7,5(9)10)4(8)3-11-2/h3,7H2,1-2H3,(H,9,10)/t6-/m0/s1. The molecule has 0 bridgehead atoms. The summed E-state index contributed by atoms with van der Waals surface area (Å²) in [5.74, 6) is -1.99. The molecule has 0 aromatic heterocycles. The van der Waals surface area contributed by atoms with E-state index >= 15 is 0 Å². The van der Waals surface area contributed by atoms with Crippen LogP contribution in [-0.2, 0) is 14.3 Å². The zero-order valence-electron chi connectivity index (χ0n) is 6.46. The first-order valence-electron chi connectivity index (χ1n) is 2.97. The molecule has 5 nitrogen and oxygen atoms in total. The van der Waals surface area contributed by atoms with Crippen LogP contribution in [0.2, 0.25) is 0 Å². The molecular formula is C6H11NO4. The van der Waals surface area contributed by atoms with Crippen molar-refractivity contribution in [1.29, 1.82) is 0 Å². The zero-order valence-corrected chi connectivity index (χ0v) is 6.46. The average molecular weight is 161 g/mol. The molecule has 0 aliphatic carbocycles. The van der Waals surface area contributed by atoms with E-state index in [1.54, 1.807) is 0 Å². The van der Waals surface area contributed by atoms with E-state index in [-0.39, 0.29) is 6.61 Å². The van der Waals surface area contributed by atoms with Crippen molar-refractivity contribution in [1.82, 2.24) is 0 Å². The molecule has 64 valence electrons. The molecular weight excluding hydrogens is 150 g/mol. The van der Waals surface area contributed by atoms with Gasteiger partial charge in [0.15, 0.2) is 11.3 Å². The number of rotatable bonds is 4. The predicted octanol–water partition coefficient (Wildman–Crippen LogP) is -0.996. The van der Waals surface area contributed by atoms with Gasteiger partial charge in [0.25, 0.3) is 0 Å². The van der Waals surface area contributed by atoms with Gasteiger partial charge in [-0.3, -0.25) is 4.79 Å². The quantitative estimate of drug-likeness (QED) is 0.516. The third kappa shape index (κ3) is 2.28. The van der Waals surface area contributed by atoms with Crippen molar-refractivity contribution < 1.29 is 19.4 Å². The Morgan fingerprint density at radius 2 is 2.09 bits per heavy atom. The van der Waals surface area contributed by atoms with Crippen molar-refractivity contribution in [2.24, 2.45) is 5.73 Å². The van der Waals surface area contributed by atoms with E-state index in [4.69, 9.17) is 10.8 Å². The van der Waals surface area contributed by atoms with E-state index in [1.807, 2.05) is 0 Å². The number of carboxylic acids is 1. The number of Topliss-reactive ketones (excluding diaryl/α,β-unsaturated/α-hetero) is 1. The Kier molecular flexibility index (Phi) is 3.16. The maximum atomic E-state index is 10.9. The molecule has 0 aliphatic rings. The lowest BCUT2D eigenvalue weighted by molar-refractivity contribution is -0.148. The Balaban J connectivity index is 4.30. The lowest BCUT2D eigenvalue weighted by Crippen LogP contribution is -2.53. The Morgan fingerprint density at radius 1 is 1.64 bits per heavy atom. The van der Waals surface area contributed by atoms with E-state index in [1.165, 1.54) is 7.11 Å². The number of nitrogens with two attached hydrogens (primary N) is 1. The highest BCUT2D eigenvalue weighted by Gasteiger charge is 2.36. The number of ketones is 1. The Bertz CT molecular complexity index is 175. The van der Waals surface area contributed by atoms with Gasteiger partial charge in [-0.05, 0) is 6.92 Å². The summed E-state index contributed by atoms with van der Waals surface area (Å²) in [6.45, 7) is 0.857. The fourth-order valence-electron chi connectivity index (χ4n) is 0.400. The normalized spacial score (nSPS) is 15.5. The van der Waals surface area contributed by atoms with E-state index in [2.05, 4.69) is 4.74 Å². The summed E-state index contributed by atoms with van der Waals surface area (Å²) in [6, 6.07) is 0. The molecule has 0 radical (unpaired) electrons. The number of methoxy groups -OCH3 is 1. The van der Waals surface area contributed by atoms with Crippen molar-refractivity contribution in [2.75, 3.05) is 13.7 Å². The van der Waals surface area contributed by atoms with Crippen LogP contribution in [0.1, 0.15) is 6.92 Å². The zero-order chi connectivity index (χ0) is 9.07. The first-order valence-corrected chi connectivity index (χ1v) is 2.97. The van der Waals surface area contributed by atoms with E-state index in [0.29, 0.717) is 0 Å². The van der Waals surface area contributed by atoms with Gasteiger partial charge in [-0.2, -0.15) is 0 Å². The SMILES string of the molecule is COCC(=O)[C@](C)(N)C(=O)O. The number of ether oxygens (including phenoxy) is 1. The van der Waals surface area contributed by atoms with Gasteiger partial charge in [-0.15, -0.1) is 0 Å². The molecule has 0 saturated heterocycles. The number of carboxylic acid groups (broad SMARTS) is 1. The van der Waals surface area contributed by atoms with E-state index in [9.17, 15) is 9.59 Å². The van der Waals surface area contributed by atoms with Crippen LogP contribution in [0.25, 0.3) is 0 Å². The minimum Gasteiger partial charge on any atom is -0.480 e. The van der Waals surface area contributed by atoms with Crippen molar-refractivity contribution in [3.05, 3.63) is 0 Å². The molecule has 0 unspecified atom stereocenters. The topological polar surface area (TPSA) is 89.6 Å². The van der Waals surface area contributed by atoms with Crippen LogP contribution in [0.5, 0.6) is 0 Å². The molecule has 0 fully saturated rings. The van der Waals surface area contributed by atoms with Gasteiger partial charge in [0.05, 0.1) is 0 Å². The highest BCUT2D eigenvalue weighted by molar-refractivity contribution is 6.07. The molecule has 1 atom stereocenters. The van der Waals surface area contributed by atoms with Gasteiger partial charge in [0.2, 0.25) is 0 Å². The summed E-state index contributed by atoms with van der Waals surface area (Å²) in [6.07, 6.45) is 0. The summed E-state index contributed by atoms with van der Waals surface area (Å²) in [5.41, 5.74) is 3.32. The minimum absolute atomic E-state index is 0.278. The van der Waals surface area contributed by atoms with Crippen LogP contribution >= 0.6 is 0 Å². The number of hydrogen-bond acceptors (Lipinski definition) is 4. The lowest BCUT2D eigenvalue weighted by Gasteiger charge is -2.16. The first-order chi connectivity index (χ1) is 4.92. The Labute approximate surface area is 64.1 Å². The molecule has 3 N–H and O–H groups in total. The fraction of sp³-hybridized carbons (Fsp3) is 0.667. The van der Waals surface area contributed by atoms with Gasteiger partial charge in [0.1, 0.15) is 6.61 Å². The van der Waals surface area contributed by atoms with Gasteiger partial charge in [-0.1, -0.05) is 0 Å². The molecule has 0 amide bonds. The second-order valence-corrected chi connectivity index (χ2v) is 2.36. The summed E-state index contributed by atoms with van der Waals surface area (Å²) in [5, 5.41) is 8.44. The van der Waals surface area contributed by atoms with Crippen molar-refractivity contribution in [2.45, 2.75) is 12.5 Å². The maximum Gasteiger partial charge on any atom is 0.331 e. The van der Waals surface area contributed by atoms with E-state index < -0.39 is 17.3 Å². The molecule has 0 aromatic carbocycles. The van der Waals surface area contributed by atoms with Crippen LogP contribution in [0.4, 0.5) is 0 Å². The largest absolute Gasteiger partial charge is 0.480 e. The molecule has 0 rings (SSSR count). The van der Waals surface area contributed by atoms with Gasteiger partial charge < -0.3 is 15.6 Å². The van der Waals surface area contributed by atoms with Crippen LogP contribution in [0, 0.1) is 0 Å². The van der Waals surface area contributed by atoms with Crippen molar-refractivity contribution >= 4 is 11.8 Å². The summed E-state index contributed by atoms with van der Waals surface area (Å²) >= 11 is 0. The Hall–Kier alpha value is -0.940. The van der Waals surface area contributed by atoms with Crippen LogP contribution < -0.4 is 5.73 Å². The third-order valence-corrected chi connectivity index (χ3v) is 1.30. The number of carbonyl (C=O) groups excluding carboxylic acids is 1. The second-order valence-electron chi connectivity index (χ2n) is 2.36. The number of aliphatic carboxylic acids is 1. The van der Waals surface area contributed by atoms with E-state index in [0.717, 1.165) is 6.92 Å². The minimum atomic E-state index is -1.84. The summed E-state index contributed by atoms with van der Waals surface area (Å²) < 4.78 is 4.45. The summed E-state index contributed by atoms with van der Waals surface area (Å²) in [7, 11) is 1.30. The van der Waals surface area contributed by atoms with Crippen LogP contribution in [0.3, 0.4) is 0 Å². The Morgan fingerprint density at radius 3 is 2.36 bits per heavy atom. The highest BCUT2D eigenvalue weighted by Crippen LogP contribution is 2.00. The lowest BCUT2D eigenvalue weighted by atomic mass is 9.99. The molecule has 0 heterocycles. The fourth-order valence-corrected chi connectivity index (χ4v) is 0.400. The van der Waals surface area contributed by atoms with Gasteiger partial charge in [0, 0.05) is 7.11 Å². The highest BCUT2D eigenvalue weighted by atomic mass is 16.5. The van der Waals surface area contributed by atoms with Crippen molar-refractivity contribution in [3.63, 3.8) is 0 Å². The average Bonchev–Trinajstić information content (AvgIpc) is 1.88. The smallest absolute Gasteiger partial charge is 0.331 e. The van der Waals surface area contributed by atoms with Gasteiger partial charge in [-0.25, -0.2) is 4.79 Å². The van der Waals surface area contributed by atoms with Gasteiger partial charge >= 0.3 is 5.97 Å². The second kappa shape index (κ2) is 3.45. The molecule has 0 saturated carbocycles. The third-order valence-electron chi connectivity index (χ3n) is 1.30. The predicted molar refractivity (Wildman–Crippen MR) is 37.1 cm³/mol. The number of hydrogen-bond donors (Lipinski definition) is 2. The summed E-state index contributed by atoms with van der Waals surface area (Å²) in [4.78, 5) is 21.2. The van der Waals surface area contributed by atoms with Crippen LogP contribution in [0.15, 0.2) is 0 Å². The first kappa shape index (κ1) is 10.1.